The molecule has 5 nitrogen and oxygen atoms in total. The fourth-order valence-corrected chi connectivity index (χ4v) is 1.48. The van der Waals surface area contributed by atoms with E-state index < -0.39 is 0 Å². The van der Waals surface area contributed by atoms with Crippen LogP contribution in [0.1, 0.15) is 10.5 Å². The maximum absolute atomic E-state index is 10.8. The standard InChI is InChI=1S/C11H8N4O/c12-6-7-15-11(10(8-16)13-14-15)9-4-2-1-3-5-9/h1-5,8H,7H2. The number of hydrogen-bond donors (Lipinski definition) is 0. The molecule has 1 heterocycles. The molecule has 0 spiro atoms. The minimum absolute atomic E-state index is 0.0745. The van der Waals surface area contributed by atoms with Gasteiger partial charge in [-0.2, -0.15) is 5.26 Å². The lowest BCUT2D eigenvalue weighted by atomic mass is 10.1. The van der Waals surface area contributed by atoms with Gasteiger partial charge in [0.25, 0.3) is 0 Å². The van der Waals surface area contributed by atoms with Crippen molar-refractivity contribution in [2.24, 2.45) is 0 Å². The third-order valence-corrected chi connectivity index (χ3v) is 2.14. The molecule has 78 valence electrons. The number of hydrogen-bond acceptors (Lipinski definition) is 4. The number of rotatable bonds is 3. The molecule has 0 aliphatic carbocycles. The highest BCUT2D eigenvalue weighted by atomic mass is 16.1. The lowest BCUT2D eigenvalue weighted by Gasteiger charge is -2.02. The third kappa shape index (κ3) is 1.68. The molecule has 2 aromatic rings. The molecule has 2 rings (SSSR count). The van der Waals surface area contributed by atoms with Crippen LogP contribution >= 0.6 is 0 Å². The Hall–Kier alpha value is -2.48. The van der Waals surface area contributed by atoms with Crippen LogP contribution in [-0.2, 0) is 6.54 Å². The fourth-order valence-electron chi connectivity index (χ4n) is 1.48. The van der Waals surface area contributed by atoms with Crippen LogP contribution in [0.3, 0.4) is 0 Å². The first kappa shape index (κ1) is 10.1. The Morgan fingerprint density at radius 3 is 2.75 bits per heavy atom. The van der Waals surface area contributed by atoms with E-state index in [1.807, 2.05) is 36.4 Å². The van der Waals surface area contributed by atoms with Crippen molar-refractivity contribution < 1.29 is 4.79 Å². The Morgan fingerprint density at radius 2 is 2.12 bits per heavy atom. The molecule has 0 fully saturated rings. The van der Waals surface area contributed by atoms with Gasteiger partial charge >= 0.3 is 0 Å². The average molecular weight is 212 g/mol. The minimum Gasteiger partial charge on any atom is -0.296 e. The van der Waals surface area contributed by atoms with E-state index in [4.69, 9.17) is 5.26 Å². The van der Waals surface area contributed by atoms with Crippen molar-refractivity contribution in [3.05, 3.63) is 36.0 Å². The quantitative estimate of drug-likeness (QED) is 0.718. The Balaban J connectivity index is 2.58. The van der Waals surface area contributed by atoms with Gasteiger partial charge in [0.05, 0.1) is 6.07 Å². The number of aromatic nitrogens is 3. The van der Waals surface area contributed by atoms with E-state index in [0.717, 1.165) is 5.56 Å². The highest BCUT2D eigenvalue weighted by Gasteiger charge is 2.13. The van der Waals surface area contributed by atoms with Crippen molar-refractivity contribution in [2.45, 2.75) is 6.54 Å². The molecule has 1 aromatic heterocycles. The monoisotopic (exact) mass is 212 g/mol. The van der Waals surface area contributed by atoms with Gasteiger partial charge in [0.2, 0.25) is 0 Å². The molecule has 0 atom stereocenters. The SMILES string of the molecule is N#CCn1nnc(C=O)c1-c1ccccc1. The van der Waals surface area contributed by atoms with E-state index in [2.05, 4.69) is 10.3 Å². The van der Waals surface area contributed by atoms with Crippen LogP contribution < -0.4 is 0 Å². The summed E-state index contributed by atoms with van der Waals surface area (Å²) in [7, 11) is 0. The average Bonchev–Trinajstić information content (AvgIpc) is 2.74. The third-order valence-electron chi connectivity index (χ3n) is 2.14. The highest BCUT2D eigenvalue weighted by molar-refractivity contribution is 5.83. The largest absolute Gasteiger partial charge is 0.296 e. The van der Waals surface area contributed by atoms with E-state index in [-0.39, 0.29) is 12.2 Å². The van der Waals surface area contributed by atoms with Crippen LogP contribution in [0.25, 0.3) is 11.3 Å². The lowest BCUT2D eigenvalue weighted by Crippen LogP contribution is -2.01. The first-order valence-corrected chi connectivity index (χ1v) is 4.68. The molecular formula is C11H8N4O. The highest BCUT2D eigenvalue weighted by Crippen LogP contribution is 2.20. The van der Waals surface area contributed by atoms with Crippen LogP contribution in [0.5, 0.6) is 0 Å². The maximum atomic E-state index is 10.8. The minimum atomic E-state index is 0.0745. The normalized spacial score (nSPS) is 9.69. The van der Waals surface area contributed by atoms with E-state index in [9.17, 15) is 4.79 Å². The second kappa shape index (κ2) is 4.36. The molecule has 0 aliphatic rings. The number of carbonyl (C=O) groups excluding carboxylic acids is 1. The van der Waals surface area contributed by atoms with Crippen molar-refractivity contribution in [3.8, 4) is 17.3 Å². The molecule has 0 saturated carbocycles. The molecule has 0 bridgehead atoms. The van der Waals surface area contributed by atoms with Crippen LogP contribution in [0, 0.1) is 11.3 Å². The molecule has 0 amide bonds. The summed E-state index contributed by atoms with van der Waals surface area (Å²) in [6.45, 7) is 0.0745. The van der Waals surface area contributed by atoms with Gasteiger partial charge in [0, 0.05) is 5.56 Å². The molecule has 1 aromatic carbocycles. The van der Waals surface area contributed by atoms with Gasteiger partial charge in [0.15, 0.2) is 12.0 Å². The van der Waals surface area contributed by atoms with Gasteiger partial charge in [-0.25, -0.2) is 4.68 Å². The zero-order chi connectivity index (χ0) is 11.4. The Kier molecular flexibility index (Phi) is 2.74. The molecule has 0 N–H and O–H groups in total. The van der Waals surface area contributed by atoms with Crippen molar-refractivity contribution in [3.63, 3.8) is 0 Å². The number of nitriles is 1. The van der Waals surface area contributed by atoms with Crippen molar-refractivity contribution >= 4 is 6.29 Å². The van der Waals surface area contributed by atoms with Crippen molar-refractivity contribution in [1.29, 1.82) is 5.26 Å². The summed E-state index contributed by atoms with van der Waals surface area (Å²) in [5, 5.41) is 16.1. The molecule has 0 saturated heterocycles. The smallest absolute Gasteiger partial charge is 0.172 e. The summed E-state index contributed by atoms with van der Waals surface area (Å²) >= 11 is 0. The first-order valence-electron chi connectivity index (χ1n) is 4.68. The predicted molar refractivity (Wildman–Crippen MR) is 56.5 cm³/mol. The molecule has 0 radical (unpaired) electrons. The Morgan fingerprint density at radius 1 is 1.38 bits per heavy atom. The van der Waals surface area contributed by atoms with E-state index in [1.54, 1.807) is 0 Å². The van der Waals surface area contributed by atoms with E-state index in [0.29, 0.717) is 12.0 Å². The van der Waals surface area contributed by atoms with Crippen molar-refractivity contribution in [2.75, 3.05) is 0 Å². The van der Waals surface area contributed by atoms with Crippen molar-refractivity contribution in [1.82, 2.24) is 15.0 Å². The zero-order valence-electron chi connectivity index (χ0n) is 8.37. The van der Waals surface area contributed by atoms with Crippen LogP contribution in [0.2, 0.25) is 0 Å². The number of carbonyl (C=O) groups is 1. The van der Waals surface area contributed by atoms with Gasteiger partial charge in [-0.3, -0.25) is 4.79 Å². The van der Waals surface area contributed by atoms with E-state index >= 15 is 0 Å². The van der Waals surface area contributed by atoms with Gasteiger partial charge in [-0.05, 0) is 0 Å². The van der Waals surface area contributed by atoms with Gasteiger partial charge < -0.3 is 0 Å². The fraction of sp³-hybridized carbons (Fsp3) is 0.0909. The molecule has 0 unspecified atom stereocenters. The summed E-state index contributed by atoms with van der Waals surface area (Å²) in [5.41, 5.74) is 1.66. The predicted octanol–water partition coefficient (Wildman–Crippen LogP) is 1.28. The van der Waals surface area contributed by atoms with Gasteiger partial charge in [-0.15, -0.1) is 5.10 Å². The second-order valence-corrected chi connectivity index (χ2v) is 3.12. The summed E-state index contributed by atoms with van der Waals surface area (Å²) in [6.07, 6.45) is 0.642. The molecule has 5 heteroatoms. The molecule has 16 heavy (non-hydrogen) atoms. The summed E-state index contributed by atoms with van der Waals surface area (Å²) < 4.78 is 1.42. The van der Waals surface area contributed by atoms with Crippen LogP contribution in [0.4, 0.5) is 0 Å². The zero-order valence-corrected chi connectivity index (χ0v) is 8.37. The number of nitrogens with zero attached hydrogens (tertiary/aromatic N) is 4. The Labute approximate surface area is 91.9 Å². The number of aldehydes is 1. The second-order valence-electron chi connectivity index (χ2n) is 3.12. The first-order chi connectivity index (χ1) is 7.86. The van der Waals surface area contributed by atoms with Gasteiger partial charge in [0.1, 0.15) is 12.2 Å². The molecule has 0 aliphatic heterocycles. The van der Waals surface area contributed by atoms with Crippen LogP contribution in [-0.4, -0.2) is 21.3 Å². The summed E-state index contributed by atoms with van der Waals surface area (Å²) in [6, 6.07) is 11.3. The van der Waals surface area contributed by atoms with E-state index in [1.165, 1.54) is 4.68 Å². The summed E-state index contributed by atoms with van der Waals surface area (Å²) in [4.78, 5) is 10.8. The van der Waals surface area contributed by atoms with Crippen LogP contribution in [0.15, 0.2) is 30.3 Å². The van der Waals surface area contributed by atoms with Gasteiger partial charge in [-0.1, -0.05) is 35.5 Å². The topological polar surface area (TPSA) is 71.6 Å². The Bertz CT molecular complexity index is 539. The maximum Gasteiger partial charge on any atom is 0.172 e. The lowest BCUT2D eigenvalue weighted by molar-refractivity contribution is 0.111. The number of benzene rings is 1. The molecular weight excluding hydrogens is 204 g/mol. The summed E-state index contributed by atoms with van der Waals surface area (Å²) in [5.74, 6) is 0.